The lowest BCUT2D eigenvalue weighted by molar-refractivity contribution is -0.110. The first kappa shape index (κ1) is 22.9. The fraction of sp³-hybridized carbons (Fsp3) is 0.185. The average molecular weight is 455 g/mol. The molecular formula is C27H26N4O3. The van der Waals surface area contributed by atoms with Gasteiger partial charge in [-0.2, -0.15) is 5.26 Å². The van der Waals surface area contributed by atoms with Crippen LogP contribution < -0.4 is 25.8 Å². The van der Waals surface area contributed by atoms with Gasteiger partial charge in [-0.15, -0.1) is 0 Å². The Kier molecular flexibility index (Phi) is 6.01. The van der Waals surface area contributed by atoms with Crippen LogP contribution >= 0.6 is 0 Å². The molecule has 7 nitrogen and oxygen atoms in total. The predicted molar refractivity (Wildman–Crippen MR) is 133 cm³/mol. The summed E-state index contributed by atoms with van der Waals surface area (Å²) in [7, 11) is 3.14. The first-order chi connectivity index (χ1) is 16.2. The lowest BCUT2D eigenvalue weighted by atomic mass is 9.95. The lowest BCUT2D eigenvalue weighted by Gasteiger charge is -2.20. The second kappa shape index (κ2) is 8.93. The molecule has 1 aliphatic rings. The molecule has 7 heteroatoms. The van der Waals surface area contributed by atoms with Gasteiger partial charge >= 0.3 is 0 Å². The molecule has 0 bridgehead atoms. The molecule has 4 N–H and O–H groups in total. The summed E-state index contributed by atoms with van der Waals surface area (Å²) >= 11 is 0. The summed E-state index contributed by atoms with van der Waals surface area (Å²) in [5.74, 6) is 0.862. The Labute approximate surface area is 198 Å². The molecule has 0 aromatic heterocycles. The van der Waals surface area contributed by atoms with E-state index in [0.717, 1.165) is 16.8 Å². The van der Waals surface area contributed by atoms with Crippen molar-refractivity contribution in [3.63, 3.8) is 0 Å². The minimum atomic E-state index is -0.466. The number of nitrogens with zero attached hydrogens (tertiary/aromatic N) is 1. The van der Waals surface area contributed by atoms with E-state index in [2.05, 4.69) is 16.7 Å². The highest BCUT2D eigenvalue weighted by molar-refractivity contribution is 6.37. The molecule has 1 aliphatic heterocycles. The molecule has 1 heterocycles. The highest BCUT2D eigenvalue weighted by Crippen LogP contribution is 2.40. The van der Waals surface area contributed by atoms with Gasteiger partial charge in [0.15, 0.2) is 11.5 Å². The minimum absolute atomic E-state index is 0.262. The quantitative estimate of drug-likeness (QED) is 0.466. The number of anilines is 2. The monoisotopic (exact) mass is 454 g/mol. The van der Waals surface area contributed by atoms with Crippen LogP contribution in [-0.2, 0) is 10.3 Å². The van der Waals surface area contributed by atoms with Crippen LogP contribution in [0.15, 0.2) is 60.7 Å². The van der Waals surface area contributed by atoms with Crippen molar-refractivity contribution in [1.29, 1.82) is 5.26 Å². The van der Waals surface area contributed by atoms with Crippen molar-refractivity contribution in [2.75, 3.05) is 24.9 Å². The minimum Gasteiger partial charge on any atom is -0.493 e. The number of nitriles is 1. The van der Waals surface area contributed by atoms with E-state index >= 15 is 0 Å². The van der Waals surface area contributed by atoms with Crippen LogP contribution in [0.3, 0.4) is 0 Å². The van der Waals surface area contributed by atoms with E-state index in [9.17, 15) is 10.1 Å². The Balaban J connectivity index is 1.88. The van der Waals surface area contributed by atoms with Crippen molar-refractivity contribution >= 4 is 28.6 Å². The number of amides is 1. The van der Waals surface area contributed by atoms with Gasteiger partial charge in [0, 0.05) is 22.4 Å². The van der Waals surface area contributed by atoms with Gasteiger partial charge in [0.25, 0.3) is 5.91 Å². The van der Waals surface area contributed by atoms with Gasteiger partial charge in [-0.3, -0.25) is 4.79 Å². The molecule has 0 saturated carbocycles. The summed E-state index contributed by atoms with van der Waals surface area (Å²) in [5.41, 5.74) is 11.1. The third-order valence-corrected chi connectivity index (χ3v) is 5.71. The van der Waals surface area contributed by atoms with E-state index in [4.69, 9.17) is 15.2 Å². The second-order valence-corrected chi connectivity index (χ2v) is 8.57. The largest absolute Gasteiger partial charge is 0.493 e. The van der Waals surface area contributed by atoms with Crippen LogP contribution in [0.1, 0.15) is 36.1 Å². The zero-order valence-electron chi connectivity index (χ0n) is 19.5. The van der Waals surface area contributed by atoms with Gasteiger partial charge in [-0.1, -0.05) is 18.2 Å². The SMILES string of the molecule is COc1ccc(/C(Nc2ccc(C(C)(C)N)cc2)=C2/C(=O)Nc3cc(C#N)ccc32)cc1OC. The number of nitrogens with one attached hydrogen (secondary N) is 2. The molecule has 0 fully saturated rings. The number of rotatable bonds is 6. The van der Waals surface area contributed by atoms with Gasteiger partial charge in [0.05, 0.1) is 42.8 Å². The third-order valence-electron chi connectivity index (χ3n) is 5.71. The van der Waals surface area contributed by atoms with Gasteiger partial charge in [-0.05, 0) is 61.9 Å². The highest BCUT2D eigenvalue weighted by Gasteiger charge is 2.29. The standard InChI is InChI=1S/C27H26N4O3/c1-27(2,29)18-7-9-19(10-8-18)30-25(17-6-12-22(33-3)23(14-17)34-4)24-20-11-5-16(15-28)13-21(20)31-26(24)32/h5-14,30H,29H2,1-4H3,(H,31,32)/b25-24-. The van der Waals surface area contributed by atoms with E-state index < -0.39 is 5.54 Å². The summed E-state index contributed by atoms with van der Waals surface area (Å²) in [5, 5.41) is 15.5. The van der Waals surface area contributed by atoms with Crippen molar-refractivity contribution in [3.05, 3.63) is 82.9 Å². The van der Waals surface area contributed by atoms with Crippen molar-refractivity contribution in [1.82, 2.24) is 0 Å². The Morgan fingerprint density at radius 2 is 1.71 bits per heavy atom. The zero-order chi connectivity index (χ0) is 24.5. The Morgan fingerprint density at radius 3 is 2.32 bits per heavy atom. The number of nitrogens with two attached hydrogens (primary N) is 1. The Hall–Kier alpha value is -4.28. The molecule has 172 valence electrons. The van der Waals surface area contributed by atoms with Crippen molar-refractivity contribution in [2.24, 2.45) is 5.73 Å². The van der Waals surface area contributed by atoms with Crippen molar-refractivity contribution < 1.29 is 14.3 Å². The van der Waals surface area contributed by atoms with Crippen LogP contribution in [0.5, 0.6) is 11.5 Å². The predicted octanol–water partition coefficient (Wildman–Crippen LogP) is 4.70. The van der Waals surface area contributed by atoms with E-state index in [1.165, 1.54) is 0 Å². The number of carbonyl (C=O) groups excluding carboxylic acids is 1. The number of methoxy groups -OCH3 is 2. The third kappa shape index (κ3) is 4.32. The first-order valence-corrected chi connectivity index (χ1v) is 10.7. The number of ether oxygens (including phenoxy) is 2. The molecule has 0 aliphatic carbocycles. The van der Waals surface area contributed by atoms with E-state index in [1.54, 1.807) is 38.5 Å². The van der Waals surface area contributed by atoms with Crippen LogP contribution in [-0.4, -0.2) is 20.1 Å². The first-order valence-electron chi connectivity index (χ1n) is 10.7. The number of benzene rings is 3. The molecule has 0 radical (unpaired) electrons. The summed E-state index contributed by atoms with van der Waals surface area (Å²) in [4.78, 5) is 13.1. The van der Waals surface area contributed by atoms with Crippen LogP contribution in [0.25, 0.3) is 11.3 Å². The van der Waals surface area contributed by atoms with Gasteiger partial charge < -0.3 is 25.8 Å². The highest BCUT2D eigenvalue weighted by atomic mass is 16.5. The number of fused-ring (bicyclic) bond motifs is 1. The van der Waals surface area contributed by atoms with Crippen LogP contribution in [0, 0.1) is 11.3 Å². The molecule has 0 saturated heterocycles. The summed E-state index contributed by atoms with van der Waals surface area (Å²) < 4.78 is 10.9. The molecule has 3 aromatic carbocycles. The smallest absolute Gasteiger partial charge is 0.258 e. The fourth-order valence-corrected chi connectivity index (χ4v) is 3.89. The number of hydrogen-bond acceptors (Lipinski definition) is 6. The molecule has 0 atom stereocenters. The van der Waals surface area contributed by atoms with E-state index in [-0.39, 0.29) is 5.91 Å². The second-order valence-electron chi connectivity index (χ2n) is 8.57. The zero-order valence-corrected chi connectivity index (χ0v) is 19.5. The molecule has 0 unspecified atom stereocenters. The van der Waals surface area contributed by atoms with Crippen LogP contribution in [0.4, 0.5) is 11.4 Å². The summed E-state index contributed by atoms with van der Waals surface area (Å²) in [6, 6.07) is 20.5. The molecule has 4 rings (SSSR count). The maximum atomic E-state index is 13.1. The number of carbonyl (C=O) groups is 1. The summed E-state index contributed by atoms with van der Waals surface area (Å²) in [6.07, 6.45) is 0. The van der Waals surface area contributed by atoms with E-state index in [1.807, 2.05) is 50.2 Å². The maximum absolute atomic E-state index is 13.1. The molecular weight excluding hydrogens is 428 g/mol. The van der Waals surface area contributed by atoms with Gasteiger partial charge in [0.2, 0.25) is 0 Å². The Morgan fingerprint density at radius 1 is 1.00 bits per heavy atom. The Bertz CT molecular complexity index is 1330. The van der Waals surface area contributed by atoms with Gasteiger partial charge in [-0.25, -0.2) is 0 Å². The van der Waals surface area contributed by atoms with Gasteiger partial charge in [0.1, 0.15) is 0 Å². The summed E-state index contributed by atoms with van der Waals surface area (Å²) in [6.45, 7) is 3.89. The van der Waals surface area contributed by atoms with Crippen LogP contribution in [0.2, 0.25) is 0 Å². The molecule has 34 heavy (non-hydrogen) atoms. The number of hydrogen-bond donors (Lipinski definition) is 3. The molecule has 0 spiro atoms. The topological polar surface area (TPSA) is 109 Å². The normalized spacial score (nSPS) is 14.1. The fourth-order valence-electron chi connectivity index (χ4n) is 3.89. The average Bonchev–Trinajstić information content (AvgIpc) is 3.16. The van der Waals surface area contributed by atoms with Crippen molar-refractivity contribution in [2.45, 2.75) is 19.4 Å². The molecule has 3 aromatic rings. The maximum Gasteiger partial charge on any atom is 0.258 e. The lowest BCUT2D eigenvalue weighted by Crippen LogP contribution is -2.28. The molecule has 1 amide bonds. The van der Waals surface area contributed by atoms with Crippen molar-refractivity contribution in [3.8, 4) is 17.6 Å². The van der Waals surface area contributed by atoms with E-state index in [0.29, 0.717) is 39.6 Å².